The first kappa shape index (κ1) is 9.32. The monoisotopic (exact) mass is 177 g/mol. The van der Waals surface area contributed by atoms with Crippen LogP contribution >= 0.6 is 0 Å². The minimum absolute atomic E-state index is 0.0891. The van der Waals surface area contributed by atoms with Gasteiger partial charge in [0.05, 0.1) is 0 Å². The second-order valence-corrected chi connectivity index (χ2v) is 2.55. The fourth-order valence-corrected chi connectivity index (χ4v) is 0.914. The lowest BCUT2D eigenvalue weighted by molar-refractivity contribution is 0.0957. The Morgan fingerprint density at radius 2 is 2.38 bits per heavy atom. The quantitative estimate of drug-likeness (QED) is 0.684. The zero-order valence-corrected chi connectivity index (χ0v) is 7.16. The molecule has 0 bridgehead atoms. The van der Waals surface area contributed by atoms with Gasteiger partial charge in [-0.05, 0) is 18.2 Å². The minimum Gasteiger partial charge on any atom is -0.508 e. The molecule has 1 rings (SSSR count). The lowest BCUT2D eigenvalue weighted by Gasteiger charge is -2.01. The van der Waals surface area contributed by atoms with E-state index in [0.29, 0.717) is 12.1 Å². The van der Waals surface area contributed by atoms with E-state index in [9.17, 15) is 4.79 Å². The number of nitrogens with one attached hydrogen (secondary N) is 1. The van der Waals surface area contributed by atoms with Gasteiger partial charge in [-0.25, -0.2) is 0 Å². The van der Waals surface area contributed by atoms with Gasteiger partial charge in [-0.3, -0.25) is 4.79 Å². The van der Waals surface area contributed by atoms with Crippen molar-refractivity contribution in [2.75, 3.05) is 6.54 Å². The summed E-state index contributed by atoms with van der Waals surface area (Å²) < 4.78 is 0. The van der Waals surface area contributed by atoms with E-state index in [-0.39, 0.29) is 11.7 Å². The minimum atomic E-state index is -0.212. The summed E-state index contributed by atoms with van der Waals surface area (Å²) in [5, 5.41) is 11.7. The molecule has 1 aromatic carbocycles. The summed E-state index contributed by atoms with van der Waals surface area (Å²) in [6.07, 6.45) is 1.60. The average molecular weight is 177 g/mol. The van der Waals surface area contributed by atoms with Crippen LogP contribution in [-0.2, 0) is 0 Å². The van der Waals surface area contributed by atoms with Crippen molar-refractivity contribution in [3.8, 4) is 5.75 Å². The van der Waals surface area contributed by atoms with Crippen molar-refractivity contribution >= 4 is 5.91 Å². The van der Waals surface area contributed by atoms with E-state index in [1.165, 1.54) is 12.1 Å². The number of hydrogen-bond donors (Lipinski definition) is 2. The molecule has 3 nitrogen and oxygen atoms in total. The molecule has 0 aliphatic carbocycles. The molecule has 0 radical (unpaired) electrons. The molecule has 68 valence electrons. The summed E-state index contributed by atoms with van der Waals surface area (Å²) in [6, 6.07) is 6.19. The molecule has 0 atom stereocenters. The van der Waals surface area contributed by atoms with E-state index in [0.717, 1.165) is 0 Å². The summed E-state index contributed by atoms with van der Waals surface area (Å²) in [4.78, 5) is 11.3. The van der Waals surface area contributed by atoms with Crippen LogP contribution in [0.2, 0.25) is 0 Å². The van der Waals surface area contributed by atoms with Gasteiger partial charge in [-0.1, -0.05) is 12.1 Å². The van der Waals surface area contributed by atoms with E-state index in [4.69, 9.17) is 5.11 Å². The smallest absolute Gasteiger partial charge is 0.251 e. The van der Waals surface area contributed by atoms with Crippen molar-refractivity contribution in [2.24, 2.45) is 0 Å². The maximum Gasteiger partial charge on any atom is 0.251 e. The summed E-state index contributed by atoms with van der Waals surface area (Å²) in [5.41, 5.74) is 0.446. The van der Waals surface area contributed by atoms with Crippen molar-refractivity contribution in [1.29, 1.82) is 0 Å². The third kappa shape index (κ3) is 2.63. The number of phenols is 1. The van der Waals surface area contributed by atoms with Gasteiger partial charge in [0.2, 0.25) is 0 Å². The van der Waals surface area contributed by atoms with Gasteiger partial charge in [0.15, 0.2) is 0 Å². The Morgan fingerprint density at radius 1 is 1.62 bits per heavy atom. The lowest BCUT2D eigenvalue weighted by atomic mass is 10.2. The normalized spacial score (nSPS) is 9.23. The SMILES string of the molecule is C=CCNC(=O)c1cccc(O)c1. The van der Waals surface area contributed by atoms with E-state index in [1.807, 2.05) is 0 Å². The summed E-state index contributed by atoms with van der Waals surface area (Å²) in [5.74, 6) is -0.123. The van der Waals surface area contributed by atoms with Gasteiger partial charge in [0, 0.05) is 12.1 Å². The summed E-state index contributed by atoms with van der Waals surface area (Å²) in [6.45, 7) is 3.90. The van der Waals surface area contributed by atoms with E-state index in [2.05, 4.69) is 11.9 Å². The van der Waals surface area contributed by atoms with Crippen LogP contribution in [0.1, 0.15) is 10.4 Å². The number of aromatic hydroxyl groups is 1. The topological polar surface area (TPSA) is 49.3 Å². The Labute approximate surface area is 76.7 Å². The number of amides is 1. The molecule has 1 amide bonds. The zero-order chi connectivity index (χ0) is 9.68. The first-order valence-corrected chi connectivity index (χ1v) is 3.92. The number of carbonyl (C=O) groups is 1. The molecule has 0 spiro atoms. The van der Waals surface area contributed by atoms with Gasteiger partial charge in [-0.2, -0.15) is 0 Å². The highest BCUT2D eigenvalue weighted by atomic mass is 16.3. The van der Waals surface area contributed by atoms with Crippen LogP contribution in [0.5, 0.6) is 5.75 Å². The van der Waals surface area contributed by atoms with Crippen molar-refractivity contribution < 1.29 is 9.90 Å². The van der Waals surface area contributed by atoms with Crippen molar-refractivity contribution in [3.63, 3.8) is 0 Å². The molecule has 0 saturated carbocycles. The van der Waals surface area contributed by atoms with Crippen LogP contribution in [0.4, 0.5) is 0 Å². The number of phenolic OH excluding ortho intramolecular Hbond substituents is 1. The van der Waals surface area contributed by atoms with Gasteiger partial charge < -0.3 is 10.4 Å². The van der Waals surface area contributed by atoms with Crippen LogP contribution in [-0.4, -0.2) is 17.6 Å². The van der Waals surface area contributed by atoms with E-state index < -0.39 is 0 Å². The third-order valence-electron chi connectivity index (χ3n) is 1.52. The van der Waals surface area contributed by atoms with Gasteiger partial charge >= 0.3 is 0 Å². The number of carbonyl (C=O) groups excluding carboxylic acids is 1. The first-order chi connectivity index (χ1) is 6.24. The maximum absolute atomic E-state index is 11.3. The van der Waals surface area contributed by atoms with Crippen LogP contribution in [0.15, 0.2) is 36.9 Å². The highest BCUT2D eigenvalue weighted by molar-refractivity contribution is 5.94. The van der Waals surface area contributed by atoms with Gasteiger partial charge in [-0.15, -0.1) is 6.58 Å². The highest BCUT2D eigenvalue weighted by Gasteiger charge is 2.03. The molecule has 0 aliphatic heterocycles. The van der Waals surface area contributed by atoms with Gasteiger partial charge in [0.1, 0.15) is 5.75 Å². The second kappa shape index (κ2) is 4.30. The fraction of sp³-hybridized carbons (Fsp3) is 0.100. The molecule has 1 aromatic rings. The summed E-state index contributed by atoms with van der Waals surface area (Å²) in [7, 11) is 0. The Hall–Kier alpha value is -1.77. The number of rotatable bonds is 3. The summed E-state index contributed by atoms with van der Waals surface area (Å²) >= 11 is 0. The zero-order valence-electron chi connectivity index (χ0n) is 7.16. The Bertz CT molecular complexity index is 320. The molecular formula is C10H11NO2. The van der Waals surface area contributed by atoms with E-state index >= 15 is 0 Å². The van der Waals surface area contributed by atoms with Crippen LogP contribution < -0.4 is 5.32 Å². The van der Waals surface area contributed by atoms with E-state index in [1.54, 1.807) is 18.2 Å². The second-order valence-electron chi connectivity index (χ2n) is 2.55. The largest absolute Gasteiger partial charge is 0.508 e. The molecule has 3 heteroatoms. The molecule has 13 heavy (non-hydrogen) atoms. The third-order valence-corrected chi connectivity index (χ3v) is 1.52. The van der Waals surface area contributed by atoms with Gasteiger partial charge in [0.25, 0.3) is 5.91 Å². The van der Waals surface area contributed by atoms with Crippen LogP contribution in [0.3, 0.4) is 0 Å². The molecule has 0 heterocycles. The molecule has 0 aliphatic rings. The average Bonchev–Trinajstić information content (AvgIpc) is 2.14. The first-order valence-electron chi connectivity index (χ1n) is 3.92. The number of hydrogen-bond acceptors (Lipinski definition) is 2. The predicted octanol–water partition coefficient (Wildman–Crippen LogP) is 1.31. The molecule has 0 saturated heterocycles. The molecule has 0 aromatic heterocycles. The van der Waals surface area contributed by atoms with Crippen molar-refractivity contribution in [1.82, 2.24) is 5.32 Å². The maximum atomic E-state index is 11.3. The molecule has 0 unspecified atom stereocenters. The Balaban J connectivity index is 2.71. The van der Waals surface area contributed by atoms with Crippen molar-refractivity contribution in [2.45, 2.75) is 0 Å². The predicted molar refractivity (Wildman–Crippen MR) is 50.6 cm³/mol. The standard InChI is InChI=1S/C10H11NO2/c1-2-6-11-10(13)8-4-3-5-9(12)7-8/h2-5,7,12H,1,6H2,(H,11,13). The van der Waals surface area contributed by atoms with Crippen LogP contribution in [0.25, 0.3) is 0 Å². The Kier molecular flexibility index (Phi) is 3.09. The molecular weight excluding hydrogens is 166 g/mol. The van der Waals surface area contributed by atoms with Crippen molar-refractivity contribution in [3.05, 3.63) is 42.5 Å². The Morgan fingerprint density at radius 3 is 3.00 bits per heavy atom. The number of benzene rings is 1. The molecule has 0 fully saturated rings. The van der Waals surface area contributed by atoms with Crippen LogP contribution in [0, 0.1) is 0 Å². The highest BCUT2D eigenvalue weighted by Crippen LogP contribution is 2.10. The fourth-order valence-electron chi connectivity index (χ4n) is 0.914. The lowest BCUT2D eigenvalue weighted by Crippen LogP contribution is -2.22. The molecule has 2 N–H and O–H groups in total.